The van der Waals surface area contributed by atoms with Crippen LogP contribution in [-0.4, -0.2) is 5.11 Å². The van der Waals surface area contributed by atoms with Gasteiger partial charge in [0.1, 0.15) is 5.82 Å². The van der Waals surface area contributed by atoms with Crippen molar-refractivity contribution in [3.05, 3.63) is 33.0 Å². The van der Waals surface area contributed by atoms with Crippen LogP contribution in [0.15, 0.2) is 16.6 Å². The average molecular weight is 310 g/mol. The van der Waals surface area contributed by atoms with E-state index in [9.17, 15) is 9.50 Å². The number of hydrogen-bond acceptors (Lipinski definition) is 1. The van der Waals surface area contributed by atoms with Crippen molar-refractivity contribution < 1.29 is 9.50 Å². The molecule has 0 bridgehead atoms. The van der Waals surface area contributed by atoms with Gasteiger partial charge >= 0.3 is 0 Å². The molecule has 0 aliphatic rings. The molecule has 0 saturated carbocycles. The Morgan fingerprint density at radius 2 is 2.06 bits per heavy atom. The Balaban J connectivity index is 3.18. The van der Waals surface area contributed by atoms with E-state index in [4.69, 9.17) is 11.6 Å². The van der Waals surface area contributed by atoms with Gasteiger partial charge in [-0.15, -0.1) is 0 Å². The second-order valence-corrected chi connectivity index (χ2v) is 5.83. The highest BCUT2D eigenvalue weighted by molar-refractivity contribution is 9.10. The van der Waals surface area contributed by atoms with E-state index < -0.39 is 11.4 Å². The molecule has 0 aliphatic heterocycles. The lowest BCUT2D eigenvalue weighted by Crippen LogP contribution is -2.25. The first-order valence-corrected chi connectivity index (χ1v) is 6.29. The van der Waals surface area contributed by atoms with E-state index >= 15 is 0 Å². The summed E-state index contributed by atoms with van der Waals surface area (Å²) in [6.45, 7) is 5.56. The van der Waals surface area contributed by atoms with Gasteiger partial charge in [0.15, 0.2) is 0 Å². The van der Waals surface area contributed by atoms with Gasteiger partial charge in [-0.25, -0.2) is 4.39 Å². The highest BCUT2D eigenvalue weighted by Gasteiger charge is 2.29. The minimum atomic E-state index is -1.19. The van der Waals surface area contributed by atoms with Gasteiger partial charge in [0.2, 0.25) is 0 Å². The van der Waals surface area contributed by atoms with Crippen molar-refractivity contribution in [2.75, 3.05) is 0 Å². The summed E-state index contributed by atoms with van der Waals surface area (Å²) in [5.41, 5.74) is -0.947. The number of halogens is 3. The quantitative estimate of drug-likeness (QED) is 0.815. The molecule has 0 spiro atoms. The second-order valence-electron chi connectivity index (χ2n) is 4.59. The van der Waals surface area contributed by atoms with Gasteiger partial charge in [-0.1, -0.05) is 31.5 Å². The Kier molecular flexibility index (Phi) is 4.38. The molecule has 1 N–H and O–H groups in total. The van der Waals surface area contributed by atoms with E-state index in [1.807, 2.05) is 13.8 Å². The van der Waals surface area contributed by atoms with Crippen molar-refractivity contribution >= 4 is 27.5 Å². The highest BCUT2D eigenvalue weighted by atomic mass is 79.9. The predicted molar refractivity (Wildman–Crippen MR) is 68.1 cm³/mol. The molecule has 1 aromatic carbocycles. The lowest BCUT2D eigenvalue weighted by Gasteiger charge is -2.26. The van der Waals surface area contributed by atoms with Crippen LogP contribution in [0.5, 0.6) is 0 Å². The van der Waals surface area contributed by atoms with E-state index in [-0.39, 0.29) is 16.5 Å². The Hall–Kier alpha value is -0.120. The molecule has 0 aliphatic carbocycles. The fourth-order valence-electron chi connectivity index (χ4n) is 1.85. The van der Waals surface area contributed by atoms with Crippen LogP contribution in [0.25, 0.3) is 0 Å². The molecule has 1 aromatic rings. The summed E-state index contributed by atoms with van der Waals surface area (Å²) in [7, 11) is 0. The maximum Gasteiger partial charge on any atom is 0.149 e. The molecule has 90 valence electrons. The molecule has 1 rings (SSSR count). The van der Waals surface area contributed by atoms with Gasteiger partial charge in [0.05, 0.1) is 10.6 Å². The lowest BCUT2D eigenvalue weighted by molar-refractivity contribution is 0.0314. The number of benzene rings is 1. The standard InChI is InChI=1S/C12H15BrClFO/c1-7(2)6-12(3,16)8-4-5-9(13)10(14)11(8)15/h4-5,7,16H,6H2,1-3H3. The number of hydrogen-bond donors (Lipinski definition) is 1. The van der Waals surface area contributed by atoms with Crippen LogP contribution < -0.4 is 0 Å². The normalized spacial score (nSPS) is 15.2. The summed E-state index contributed by atoms with van der Waals surface area (Å²) in [6.07, 6.45) is 0.488. The number of rotatable bonds is 3. The van der Waals surface area contributed by atoms with Gasteiger partial charge < -0.3 is 5.11 Å². The van der Waals surface area contributed by atoms with Crippen LogP contribution >= 0.6 is 27.5 Å². The van der Waals surface area contributed by atoms with Crippen LogP contribution in [0, 0.1) is 11.7 Å². The summed E-state index contributed by atoms with van der Waals surface area (Å²) in [5, 5.41) is 10.3. The molecule has 0 saturated heterocycles. The number of aliphatic hydroxyl groups is 1. The van der Waals surface area contributed by atoms with Crippen LogP contribution in [-0.2, 0) is 5.60 Å². The van der Waals surface area contributed by atoms with E-state index in [2.05, 4.69) is 15.9 Å². The van der Waals surface area contributed by atoms with Crippen LogP contribution in [0.2, 0.25) is 5.02 Å². The summed E-state index contributed by atoms with van der Waals surface area (Å²) in [4.78, 5) is 0. The minimum Gasteiger partial charge on any atom is -0.385 e. The first kappa shape index (κ1) is 13.9. The summed E-state index contributed by atoms with van der Waals surface area (Å²) < 4.78 is 14.4. The van der Waals surface area contributed by atoms with Crippen molar-refractivity contribution in [3.8, 4) is 0 Å². The average Bonchev–Trinajstić information content (AvgIpc) is 2.11. The molecular weight excluding hydrogens is 294 g/mol. The molecule has 0 heterocycles. The van der Waals surface area contributed by atoms with Gasteiger partial charge in [-0.2, -0.15) is 0 Å². The summed E-state index contributed by atoms with van der Waals surface area (Å²) in [5.74, 6) is -0.279. The highest BCUT2D eigenvalue weighted by Crippen LogP contribution is 2.35. The molecular formula is C12H15BrClFO. The molecule has 0 radical (unpaired) electrons. The SMILES string of the molecule is CC(C)CC(C)(O)c1ccc(Br)c(Cl)c1F. The first-order chi connectivity index (χ1) is 7.25. The smallest absolute Gasteiger partial charge is 0.149 e. The van der Waals surface area contributed by atoms with Gasteiger partial charge in [-0.05, 0) is 41.3 Å². The maximum atomic E-state index is 13.9. The largest absolute Gasteiger partial charge is 0.385 e. The van der Waals surface area contributed by atoms with Gasteiger partial charge in [0.25, 0.3) is 0 Å². The summed E-state index contributed by atoms with van der Waals surface area (Å²) in [6, 6.07) is 3.21. The van der Waals surface area contributed by atoms with E-state index in [0.29, 0.717) is 10.9 Å². The first-order valence-electron chi connectivity index (χ1n) is 5.12. The van der Waals surface area contributed by atoms with Crippen LogP contribution in [0.3, 0.4) is 0 Å². The van der Waals surface area contributed by atoms with Crippen molar-refractivity contribution in [3.63, 3.8) is 0 Å². The third-order valence-electron chi connectivity index (χ3n) is 2.42. The van der Waals surface area contributed by atoms with E-state index in [1.54, 1.807) is 19.1 Å². The molecule has 0 amide bonds. The van der Waals surface area contributed by atoms with Gasteiger partial charge in [-0.3, -0.25) is 0 Å². The molecule has 1 unspecified atom stereocenters. The zero-order chi connectivity index (χ0) is 12.5. The van der Waals surface area contributed by atoms with E-state index in [1.165, 1.54) is 0 Å². The van der Waals surface area contributed by atoms with Crippen molar-refractivity contribution in [1.29, 1.82) is 0 Å². The third kappa shape index (κ3) is 2.96. The van der Waals surface area contributed by atoms with Gasteiger partial charge in [0, 0.05) is 10.0 Å². The third-order valence-corrected chi connectivity index (χ3v) is 3.68. The van der Waals surface area contributed by atoms with Crippen LogP contribution in [0.4, 0.5) is 4.39 Å². The second kappa shape index (κ2) is 5.03. The fourth-order valence-corrected chi connectivity index (χ4v) is 2.32. The summed E-state index contributed by atoms with van der Waals surface area (Å²) >= 11 is 8.94. The molecule has 16 heavy (non-hydrogen) atoms. The molecule has 4 heteroatoms. The predicted octanol–water partition coefficient (Wildman–Crippen LogP) is 4.50. The Morgan fingerprint density at radius 1 is 1.50 bits per heavy atom. The Bertz CT molecular complexity index is 391. The zero-order valence-electron chi connectivity index (χ0n) is 9.52. The maximum absolute atomic E-state index is 13.9. The van der Waals surface area contributed by atoms with Crippen LogP contribution in [0.1, 0.15) is 32.8 Å². The molecule has 0 aromatic heterocycles. The van der Waals surface area contributed by atoms with Crippen molar-refractivity contribution in [2.45, 2.75) is 32.8 Å². The minimum absolute atomic E-state index is 0.0153. The topological polar surface area (TPSA) is 20.2 Å². The van der Waals surface area contributed by atoms with Crippen molar-refractivity contribution in [2.24, 2.45) is 5.92 Å². The van der Waals surface area contributed by atoms with Crippen molar-refractivity contribution in [1.82, 2.24) is 0 Å². The molecule has 0 fully saturated rings. The van der Waals surface area contributed by atoms with E-state index in [0.717, 1.165) is 0 Å². The Labute approximate surface area is 109 Å². The molecule has 1 nitrogen and oxygen atoms in total. The zero-order valence-corrected chi connectivity index (χ0v) is 11.9. The lowest BCUT2D eigenvalue weighted by atomic mass is 9.87. The monoisotopic (exact) mass is 308 g/mol. The Morgan fingerprint density at radius 3 is 2.56 bits per heavy atom. The fraction of sp³-hybridized carbons (Fsp3) is 0.500. The molecule has 1 atom stereocenters.